The number of halogens is 3. The number of fused-ring (bicyclic) bond motifs is 1. The largest absolute Gasteiger partial charge is 0.522 e. The van der Waals surface area contributed by atoms with E-state index < -0.39 is 6.36 Å². The van der Waals surface area contributed by atoms with E-state index in [0.717, 1.165) is 16.5 Å². The van der Waals surface area contributed by atoms with Gasteiger partial charge in [0, 0.05) is 18.3 Å². The third-order valence-corrected chi connectivity index (χ3v) is 2.53. The van der Waals surface area contributed by atoms with Crippen molar-refractivity contribution in [1.82, 2.24) is 4.57 Å². The molecular weight excluding hydrogens is 231 g/mol. The first-order valence-corrected chi connectivity index (χ1v) is 5.22. The highest BCUT2D eigenvalue weighted by molar-refractivity contribution is 5.80. The molecule has 2 rings (SSSR count). The summed E-state index contributed by atoms with van der Waals surface area (Å²) in [6, 6.07) is 7.75. The first-order valence-electron chi connectivity index (χ1n) is 5.22. The van der Waals surface area contributed by atoms with Crippen LogP contribution in [0.5, 0.6) is 0 Å². The molecule has 0 saturated carbocycles. The monoisotopic (exact) mass is 243 g/mol. The summed E-state index contributed by atoms with van der Waals surface area (Å²) in [5, 5.41) is 1.02. The molecule has 0 atom stereocenters. The number of hydrogen-bond donors (Lipinski definition) is 0. The Morgan fingerprint density at radius 1 is 1.24 bits per heavy atom. The molecule has 0 unspecified atom stereocenters. The molecule has 92 valence electrons. The molecule has 1 heterocycles. The van der Waals surface area contributed by atoms with Gasteiger partial charge >= 0.3 is 6.36 Å². The van der Waals surface area contributed by atoms with Crippen LogP contribution < -0.4 is 0 Å². The van der Waals surface area contributed by atoms with E-state index >= 15 is 0 Å². The van der Waals surface area contributed by atoms with Gasteiger partial charge in [0.25, 0.3) is 0 Å². The molecule has 2 nitrogen and oxygen atoms in total. The first-order chi connectivity index (χ1) is 7.96. The Morgan fingerprint density at radius 3 is 2.71 bits per heavy atom. The highest BCUT2D eigenvalue weighted by Gasteiger charge is 2.28. The Balaban J connectivity index is 2.11. The zero-order valence-corrected chi connectivity index (χ0v) is 9.29. The van der Waals surface area contributed by atoms with Crippen LogP contribution in [0.1, 0.15) is 5.56 Å². The zero-order chi connectivity index (χ0) is 12.5. The topological polar surface area (TPSA) is 14.2 Å². The lowest BCUT2D eigenvalue weighted by atomic mass is 10.2. The van der Waals surface area contributed by atoms with Crippen molar-refractivity contribution in [3.05, 3.63) is 36.0 Å². The second-order valence-electron chi connectivity index (χ2n) is 3.87. The van der Waals surface area contributed by atoms with E-state index in [4.69, 9.17) is 0 Å². The van der Waals surface area contributed by atoms with Crippen molar-refractivity contribution in [2.24, 2.45) is 0 Å². The summed E-state index contributed by atoms with van der Waals surface area (Å²) in [6.45, 7) is 1.76. The molecule has 1 aromatic carbocycles. The SMILES string of the molecule is Cc1ccc2ccn(CCOC(F)(F)F)c2c1. The second kappa shape index (κ2) is 4.41. The number of nitrogens with zero attached hydrogens (tertiary/aromatic N) is 1. The number of alkyl halides is 3. The number of rotatable bonds is 3. The molecule has 1 aromatic heterocycles. The summed E-state index contributed by atoms with van der Waals surface area (Å²) in [5.74, 6) is 0. The van der Waals surface area contributed by atoms with Gasteiger partial charge in [-0.05, 0) is 30.0 Å². The highest BCUT2D eigenvalue weighted by Crippen LogP contribution is 2.19. The van der Waals surface area contributed by atoms with Crippen LogP contribution in [0.25, 0.3) is 10.9 Å². The van der Waals surface area contributed by atoms with Gasteiger partial charge in [0.05, 0.1) is 6.61 Å². The third-order valence-electron chi connectivity index (χ3n) is 2.53. The summed E-state index contributed by atoms with van der Waals surface area (Å²) in [5.41, 5.74) is 2.00. The van der Waals surface area contributed by atoms with E-state index in [1.807, 2.05) is 31.2 Å². The number of hydrogen-bond acceptors (Lipinski definition) is 1. The molecule has 0 aliphatic carbocycles. The van der Waals surface area contributed by atoms with Gasteiger partial charge in [0.2, 0.25) is 0 Å². The summed E-state index contributed by atoms with van der Waals surface area (Å²) < 4.78 is 41.0. The van der Waals surface area contributed by atoms with E-state index in [0.29, 0.717) is 0 Å². The Hall–Kier alpha value is -1.49. The number of aryl methyl sites for hydroxylation is 1. The van der Waals surface area contributed by atoms with E-state index in [-0.39, 0.29) is 13.2 Å². The highest BCUT2D eigenvalue weighted by atomic mass is 19.4. The fourth-order valence-electron chi connectivity index (χ4n) is 1.75. The van der Waals surface area contributed by atoms with Gasteiger partial charge in [0.1, 0.15) is 0 Å². The van der Waals surface area contributed by atoms with Crippen LogP contribution in [0.2, 0.25) is 0 Å². The summed E-state index contributed by atoms with van der Waals surface area (Å²) in [6.07, 6.45) is -2.79. The van der Waals surface area contributed by atoms with Crippen molar-refractivity contribution in [2.75, 3.05) is 6.61 Å². The van der Waals surface area contributed by atoms with Crippen molar-refractivity contribution in [1.29, 1.82) is 0 Å². The zero-order valence-electron chi connectivity index (χ0n) is 9.29. The Bertz CT molecular complexity index is 516. The van der Waals surface area contributed by atoms with Crippen molar-refractivity contribution >= 4 is 10.9 Å². The van der Waals surface area contributed by atoms with Crippen LogP contribution in [-0.2, 0) is 11.3 Å². The lowest BCUT2D eigenvalue weighted by molar-refractivity contribution is -0.325. The van der Waals surface area contributed by atoms with Crippen molar-refractivity contribution in [3.63, 3.8) is 0 Å². The average Bonchev–Trinajstić information content (AvgIpc) is 2.59. The molecule has 0 bridgehead atoms. The van der Waals surface area contributed by atoms with Gasteiger partial charge in [-0.2, -0.15) is 0 Å². The van der Waals surface area contributed by atoms with Crippen molar-refractivity contribution < 1.29 is 17.9 Å². The molecule has 17 heavy (non-hydrogen) atoms. The average molecular weight is 243 g/mol. The van der Waals surface area contributed by atoms with Crippen molar-refractivity contribution in [3.8, 4) is 0 Å². The van der Waals surface area contributed by atoms with Crippen LogP contribution in [0.3, 0.4) is 0 Å². The number of aromatic nitrogens is 1. The minimum atomic E-state index is -4.56. The molecular formula is C12H12F3NO. The molecule has 0 radical (unpaired) electrons. The number of benzene rings is 1. The molecule has 5 heteroatoms. The molecule has 0 fully saturated rings. The van der Waals surface area contributed by atoms with Crippen LogP contribution in [0.4, 0.5) is 13.2 Å². The molecule has 0 saturated heterocycles. The van der Waals surface area contributed by atoms with Crippen molar-refractivity contribution in [2.45, 2.75) is 19.8 Å². The van der Waals surface area contributed by atoms with Gasteiger partial charge in [-0.3, -0.25) is 4.74 Å². The number of ether oxygens (including phenoxy) is 1. The first kappa shape index (κ1) is 12.0. The molecule has 0 N–H and O–H groups in total. The summed E-state index contributed by atoms with van der Waals surface area (Å²) in [7, 11) is 0. The Morgan fingerprint density at radius 2 is 2.00 bits per heavy atom. The second-order valence-corrected chi connectivity index (χ2v) is 3.87. The van der Waals surface area contributed by atoms with Gasteiger partial charge in [-0.1, -0.05) is 12.1 Å². The van der Waals surface area contributed by atoms with Crippen LogP contribution in [-0.4, -0.2) is 17.5 Å². The fraction of sp³-hybridized carbons (Fsp3) is 0.333. The van der Waals surface area contributed by atoms with E-state index in [9.17, 15) is 13.2 Å². The van der Waals surface area contributed by atoms with Crippen LogP contribution >= 0.6 is 0 Å². The predicted octanol–water partition coefficient (Wildman–Crippen LogP) is 3.49. The smallest absolute Gasteiger partial charge is 0.345 e. The normalized spacial score (nSPS) is 12.2. The van der Waals surface area contributed by atoms with E-state index in [1.165, 1.54) is 0 Å². The Labute approximate surface area is 96.6 Å². The van der Waals surface area contributed by atoms with Gasteiger partial charge in [0.15, 0.2) is 0 Å². The van der Waals surface area contributed by atoms with Crippen LogP contribution in [0, 0.1) is 6.92 Å². The molecule has 0 amide bonds. The maximum Gasteiger partial charge on any atom is 0.522 e. The molecule has 2 aromatic rings. The third kappa shape index (κ3) is 3.00. The minimum Gasteiger partial charge on any atom is -0.345 e. The maximum atomic E-state index is 11.8. The van der Waals surface area contributed by atoms with Gasteiger partial charge in [-0.15, -0.1) is 13.2 Å². The quantitative estimate of drug-likeness (QED) is 0.804. The molecule has 0 aliphatic rings. The Kier molecular flexibility index (Phi) is 3.11. The standard InChI is InChI=1S/C12H12F3NO/c1-9-2-3-10-4-5-16(11(10)8-9)6-7-17-12(13,14)15/h2-5,8H,6-7H2,1H3. The van der Waals surface area contributed by atoms with E-state index in [1.54, 1.807) is 10.8 Å². The maximum absolute atomic E-state index is 11.8. The van der Waals surface area contributed by atoms with Gasteiger partial charge < -0.3 is 4.57 Å². The lowest BCUT2D eigenvalue weighted by Crippen LogP contribution is -2.17. The van der Waals surface area contributed by atoms with Gasteiger partial charge in [-0.25, -0.2) is 0 Å². The fourth-order valence-corrected chi connectivity index (χ4v) is 1.75. The molecule has 0 spiro atoms. The molecule has 0 aliphatic heterocycles. The lowest BCUT2D eigenvalue weighted by Gasteiger charge is -2.09. The summed E-state index contributed by atoms with van der Waals surface area (Å²) >= 11 is 0. The van der Waals surface area contributed by atoms with E-state index in [2.05, 4.69) is 4.74 Å². The summed E-state index contributed by atoms with van der Waals surface area (Å²) in [4.78, 5) is 0. The van der Waals surface area contributed by atoms with Crippen LogP contribution in [0.15, 0.2) is 30.5 Å². The predicted molar refractivity (Wildman–Crippen MR) is 58.7 cm³/mol. The minimum absolute atomic E-state index is 0.187.